The van der Waals surface area contributed by atoms with Crippen LogP contribution in [0.1, 0.15) is 52.4 Å². The van der Waals surface area contributed by atoms with Crippen molar-refractivity contribution in [2.75, 3.05) is 13.7 Å². The largest absolute Gasteiger partial charge is 0.466 e. The first kappa shape index (κ1) is 15.2. The molecule has 1 rings (SSSR count). The molecule has 1 fully saturated rings. The van der Waals surface area contributed by atoms with Gasteiger partial charge in [-0.15, -0.1) is 0 Å². The molecule has 3 nitrogen and oxygen atoms in total. The van der Waals surface area contributed by atoms with Gasteiger partial charge in [-0.05, 0) is 32.1 Å². The molecule has 0 saturated heterocycles. The molecule has 0 unspecified atom stereocenters. The number of carbonyl (C=O) groups excluding carboxylic acids is 1. The molecule has 0 aliphatic heterocycles. The second-order valence-electron chi connectivity index (χ2n) is 5.17. The van der Waals surface area contributed by atoms with E-state index in [0.29, 0.717) is 6.04 Å². The molecule has 1 N–H and O–H groups in total. The molecular weight excluding hydrogens is 226 g/mol. The Morgan fingerprint density at radius 2 is 2.06 bits per heavy atom. The summed E-state index contributed by atoms with van der Waals surface area (Å²) < 4.78 is 4.74. The summed E-state index contributed by atoms with van der Waals surface area (Å²) in [5, 5.41) is 3.51. The number of esters is 1. The Kier molecular flexibility index (Phi) is 7.02. The van der Waals surface area contributed by atoms with Crippen LogP contribution in [0.3, 0.4) is 0 Å². The first-order chi connectivity index (χ1) is 8.69. The fourth-order valence-electron chi connectivity index (χ4n) is 2.67. The summed E-state index contributed by atoms with van der Waals surface area (Å²) >= 11 is 0. The van der Waals surface area contributed by atoms with Crippen molar-refractivity contribution in [3.63, 3.8) is 0 Å². The molecular formula is C15H27NO2. The number of hydrogen-bond acceptors (Lipinski definition) is 3. The third kappa shape index (κ3) is 4.81. The highest BCUT2D eigenvalue weighted by molar-refractivity contribution is 5.88. The van der Waals surface area contributed by atoms with Crippen LogP contribution in [0.2, 0.25) is 0 Å². The predicted molar refractivity (Wildman–Crippen MR) is 74.4 cm³/mol. The van der Waals surface area contributed by atoms with E-state index in [-0.39, 0.29) is 5.97 Å². The first-order valence-corrected chi connectivity index (χ1v) is 7.19. The average molecular weight is 253 g/mol. The Labute approximate surface area is 111 Å². The van der Waals surface area contributed by atoms with Gasteiger partial charge in [-0.3, -0.25) is 0 Å². The normalized spacial score (nSPS) is 19.6. The van der Waals surface area contributed by atoms with Gasteiger partial charge in [0.25, 0.3) is 0 Å². The zero-order valence-electron chi connectivity index (χ0n) is 12.0. The van der Waals surface area contributed by atoms with Gasteiger partial charge in [0.15, 0.2) is 0 Å². The number of methoxy groups -OCH3 is 1. The lowest BCUT2D eigenvalue weighted by Gasteiger charge is -2.28. The van der Waals surface area contributed by atoms with Gasteiger partial charge in [-0.25, -0.2) is 4.79 Å². The van der Waals surface area contributed by atoms with Crippen LogP contribution in [-0.2, 0) is 9.53 Å². The molecule has 0 aromatic rings. The van der Waals surface area contributed by atoms with Crippen molar-refractivity contribution < 1.29 is 9.53 Å². The average Bonchev–Trinajstić information content (AvgIpc) is 2.43. The summed E-state index contributed by atoms with van der Waals surface area (Å²) in [5.74, 6) is 0.597. The van der Waals surface area contributed by atoms with Gasteiger partial charge in [-0.1, -0.05) is 32.3 Å². The van der Waals surface area contributed by atoms with Crippen LogP contribution in [0.25, 0.3) is 0 Å². The van der Waals surface area contributed by atoms with Crippen molar-refractivity contribution in [3.8, 4) is 0 Å². The van der Waals surface area contributed by atoms with Crippen LogP contribution in [0.15, 0.2) is 11.6 Å². The van der Waals surface area contributed by atoms with Gasteiger partial charge >= 0.3 is 5.97 Å². The molecule has 0 radical (unpaired) electrons. The second kappa shape index (κ2) is 8.30. The third-order valence-corrected chi connectivity index (χ3v) is 3.97. The molecule has 0 spiro atoms. The highest BCUT2D eigenvalue weighted by atomic mass is 16.5. The minimum Gasteiger partial charge on any atom is -0.466 e. The molecule has 104 valence electrons. The van der Waals surface area contributed by atoms with E-state index in [0.717, 1.165) is 24.5 Å². The SMILES string of the molecule is CCC(=CCN[C@H](C)C1CCCCC1)C(=O)OC. The summed E-state index contributed by atoms with van der Waals surface area (Å²) in [6, 6.07) is 0.539. The van der Waals surface area contributed by atoms with Crippen LogP contribution >= 0.6 is 0 Å². The van der Waals surface area contributed by atoms with E-state index in [4.69, 9.17) is 4.74 Å². The van der Waals surface area contributed by atoms with E-state index in [1.807, 2.05) is 13.0 Å². The van der Waals surface area contributed by atoms with Gasteiger partial charge in [0.05, 0.1) is 7.11 Å². The van der Waals surface area contributed by atoms with Crippen molar-refractivity contribution in [3.05, 3.63) is 11.6 Å². The van der Waals surface area contributed by atoms with Crippen LogP contribution in [-0.4, -0.2) is 25.7 Å². The van der Waals surface area contributed by atoms with Crippen molar-refractivity contribution >= 4 is 5.97 Å². The van der Waals surface area contributed by atoms with Crippen molar-refractivity contribution in [2.45, 2.75) is 58.4 Å². The lowest BCUT2D eigenvalue weighted by molar-refractivity contribution is -0.136. The molecule has 1 aliphatic carbocycles. The second-order valence-corrected chi connectivity index (χ2v) is 5.17. The van der Waals surface area contributed by atoms with Gasteiger partial charge in [0, 0.05) is 18.2 Å². The molecule has 0 heterocycles. The van der Waals surface area contributed by atoms with Gasteiger partial charge < -0.3 is 10.1 Å². The fraction of sp³-hybridized carbons (Fsp3) is 0.800. The molecule has 1 saturated carbocycles. The highest BCUT2D eigenvalue weighted by Gasteiger charge is 2.19. The van der Waals surface area contributed by atoms with Crippen LogP contribution < -0.4 is 5.32 Å². The standard InChI is InChI=1S/C15H27NO2/c1-4-13(15(17)18-3)10-11-16-12(2)14-8-6-5-7-9-14/h10,12,14,16H,4-9,11H2,1-3H3/t12-/m1/s1. The summed E-state index contributed by atoms with van der Waals surface area (Å²) in [7, 11) is 1.43. The Hall–Kier alpha value is -0.830. The summed E-state index contributed by atoms with van der Waals surface area (Å²) in [6.07, 6.45) is 9.51. The topological polar surface area (TPSA) is 38.3 Å². The van der Waals surface area contributed by atoms with E-state index in [9.17, 15) is 4.79 Å². The maximum atomic E-state index is 11.4. The van der Waals surface area contributed by atoms with Crippen LogP contribution in [0.4, 0.5) is 0 Å². The number of nitrogens with one attached hydrogen (secondary N) is 1. The van der Waals surface area contributed by atoms with Gasteiger partial charge in [0.1, 0.15) is 0 Å². The maximum absolute atomic E-state index is 11.4. The first-order valence-electron chi connectivity index (χ1n) is 7.19. The Balaban J connectivity index is 2.34. The molecule has 0 aromatic carbocycles. The number of carbonyl (C=O) groups is 1. The van der Waals surface area contributed by atoms with Crippen LogP contribution in [0, 0.1) is 5.92 Å². The van der Waals surface area contributed by atoms with E-state index in [1.54, 1.807) is 0 Å². The smallest absolute Gasteiger partial charge is 0.333 e. The molecule has 3 heteroatoms. The molecule has 0 bridgehead atoms. The highest BCUT2D eigenvalue weighted by Crippen LogP contribution is 2.26. The minimum atomic E-state index is -0.204. The van der Waals surface area contributed by atoms with Crippen LogP contribution in [0.5, 0.6) is 0 Å². The van der Waals surface area contributed by atoms with Crippen molar-refractivity contribution in [1.29, 1.82) is 0 Å². The Bertz CT molecular complexity index is 280. The summed E-state index contributed by atoms with van der Waals surface area (Å²) in [5.41, 5.74) is 0.765. The van der Waals surface area contributed by atoms with E-state index >= 15 is 0 Å². The lowest BCUT2D eigenvalue weighted by atomic mass is 9.84. The number of rotatable bonds is 6. The van der Waals surface area contributed by atoms with Crippen molar-refractivity contribution in [1.82, 2.24) is 5.32 Å². The zero-order valence-corrected chi connectivity index (χ0v) is 12.0. The quantitative estimate of drug-likeness (QED) is 0.584. The molecule has 0 aromatic heterocycles. The van der Waals surface area contributed by atoms with Gasteiger partial charge in [-0.2, -0.15) is 0 Å². The third-order valence-electron chi connectivity index (χ3n) is 3.97. The monoisotopic (exact) mass is 253 g/mol. The maximum Gasteiger partial charge on any atom is 0.333 e. The predicted octanol–water partition coefficient (Wildman–Crippen LogP) is 3.05. The van der Waals surface area contributed by atoms with E-state index in [1.165, 1.54) is 39.2 Å². The summed E-state index contributed by atoms with van der Waals surface area (Å²) in [6.45, 7) is 5.00. The molecule has 1 aliphatic rings. The Morgan fingerprint density at radius 3 is 2.61 bits per heavy atom. The molecule has 0 amide bonds. The molecule has 18 heavy (non-hydrogen) atoms. The lowest BCUT2D eigenvalue weighted by Crippen LogP contribution is -2.34. The summed E-state index contributed by atoms with van der Waals surface area (Å²) in [4.78, 5) is 11.4. The minimum absolute atomic E-state index is 0.204. The van der Waals surface area contributed by atoms with E-state index in [2.05, 4.69) is 12.2 Å². The number of hydrogen-bond donors (Lipinski definition) is 1. The fourth-order valence-corrected chi connectivity index (χ4v) is 2.67. The van der Waals surface area contributed by atoms with E-state index < -0.39 is 0 Å². The van der Waals surface area contributed by atoms with Crippen molar-refractivity contribution in [2.24, 2.45) is 5.92 Å². The zero-order chi connectivity index (χ0) is 13.4. The Morgan fingerprint density at radius 1 is 1.39 bits per heavy atom. The number of ether oxygens (including phenoxy) is 1. The van der Waals surface area contributed by atoms with Gasteiger partial charge in [0.2, 0.25) is 0 Å². The molecule has 1 atom stereocenters.